The largest absolute Gasteiger partial charge is 0.479 e. The summed E-state index contributed by atoms with van der Waals surface area (Å²) in [5.41, 5.74) is 1.24. The number of ether oxygens (including phenoxy) is 1. The second-order valence-electron chi connectivity index (χ2n) is 2.97. The van der Waals surface area contributed by atoms with Gasteiger partial charge in [-0.3, -0.25) is 0 Å². The molecule has 0 bridgehead atoms. The lowest BCUT2D eigenvalue weighted by molar-refractivity contribution is -0.596. The quantitative estimate of drug-likeness (QED) is 0.510. The molecule has 2 nitrogen and oxygen atoms in total. The van der Waals surface area contributed by atoms with Gasteiger partial charge >= 0.3 is 0 Å². The van der Waals surface area contributed by atoms with Crippen LogP contribution in [-0.4, -0.2) is 13.2 Å². The van der Waals surface area contributed by atoms with Gasteiger partial charge in [-0.25, -0.2) is 0 Å². The molecule has 0 aliphatic carbocycles. The minimum absolute atomic E-state index is 0.720. The highest BCUT2D eigenvalue weighted by Crippen LogP contribution is 2.00. The van der Waals surface area contributed by atoms with Crippen molar-refractivity contribution < 1.29 is 10.1 Å². The average Bonchev–Trinajstić information content (AvgIpc) is 2.19. The Morgan fingerprint density at radius 1 is 1.23 bits per heavy atom. The number of benzene rings is 1. The summed E-state index contributed by atoms with van der Waals surface area (Å²) in [7, 11) is 3.66. The van der Waals surface area contributed by atoms with Crippen LogP contribution in [0.15, 0.2) is 30.3 Å². The zero-order valence-electron chi connectivity index (χ0n) is 7.91. The van der Waals surface area contributed by atoms with Gasteiger partial charge in [0, 0.05) is 6.42 Å². The van der Waals surface area contributed by atoms with Crippen molar-refractivity contribution in [3.63, 3.8) is 0 Å². The van der Waals surface area contributed by atoms with E-state index in [4.69, 9.17) is 4.74 Å². The van der Waals surface area contributed by atoms with Crippen LogP contribution >= 0.6 is 0 Å². The first-order valence-electron chi connectivity index (χ1n) is 4.66. The van der Waals surface area contributed by atoms with Crippen molar-refractivity contribution in [3.05, 3.63) is 42.9 Å². The topological polar surface area (TPSA) is 25.8 Å². The maximum Gasteiger partial charge on any atom is 0.0716 e. The molecule has 1 aromatic carbocycles. The van der Waals surface area contributed by atoms with Gasteiger partial charge in [0.05, 0.1) is 19.8 Å². The molecule has 0 aliphatic heterocycles. The first kappa shape index (κ1) is 10.2. The predicted octanol–water partition coefficient (Wildman–Crippen LogP) is 0.948. The highest BCUT2D eigenvalue weighted by molar-refractivity contribution is 5.13. The predicted molar refractivity (Wildman–Crippen MR) is 52.9 cm³/mol. The molecular formula is C11H17NO. The SMILES string of the molecule is [CH2-][NH2+]CCCOCc1ccccc1. The van der Waals surface area contributed by atoms with Gasteiger partial charge in [0.25, 0.3) is 0 Å². The smallest absolute Gasteiger partial charge is 0.0716 e. The normalized spacial score (nSPS) is 10.2. The van der Waals surface area contributed by atoms with E-state index in [-0.39, 0.29) is 0 Å². The summed E-state index contributed by atoms with van der Waals surface area (Å²) in [6, 6.07) is 10.2. The van der Waals surface area contributed by atoms with Gasteiger partial charge in [0.2, 0.25) is 0 Å². The zero-order chi connectivity index (χ0) is 9.36. The third-order valence-electron chi connectivity index (χ3n) is 1.81. The molecule has 0 aliphatic rings. The number of hydrogen-bond acceptors (Lipinski definition) is 1. The summed E-state index contributed by atoms with van der Waals surface area (Å²) in [5.74, 6) is 0. The van der Waals surface area contributed by atoms with Crippen molar-refractivity contribution >= 4 is 0 Å². The van der Waals surface area contributed by atoms with E-state index in [1.807, 2.05) is 23.5 Å². The highest BCUT2D eigenvalue weighted by atomic mass is 16.5. The maximum absolute atomic E-state index is 5.47. The van der Waals surface area contributed by atoms with Crippen molar-refractivity contribution in [2.24, 2.45) is 0 Å². The van der Waals surface area contributed by atoms with Crippen LogP contribution in [0.25, 0.3) is 0 Å². The molecule has 0 spiro atoms. The van der Waals surface area contributed by atoms with Gasteiger partial charge in [0.1, 0.15) is 0 Å². The molecule has 0 saturated heterocycles. The lowest BCUT2D eigenvalue weighted by Crippen LogP contribution is -2.77. The maximum atomic E-state index is 5.47. The molecule has 2 N–H and O–H groups in total. The van der Waals surface area contributed by atoms with E-state index >= 15 is 0 Å². The fourth-order valence-electron chi connectivity index (χ4n) is 1.09. The van der Waals surface area contributed by atoms with Crippen molar-refractivity contribution in [1.29, 1.82) is 0 Å². The molecule has 13 heavy (non-hydrogen) atoms. The van der Waals surface area contributed by atoms with E-state index in [1.54, 1.807) is 0 Å². The molecule has 0 unspecified atom stereocenters. The van der Waals surface area contributed by atoms with E-state index < -0.39 is 0 Å². The van der Waals surface area contributed by atoms with Gasteiger partial charge in [0.15, 0.2) is 0 Å². The second-order valence-corrected chi connectivity index (χ2v) is 2.97. The molecule has 0 saturated carbocycles. The lowest BCUT2D eigenvalue weighted by atomic mass is 10.2. The van der Waals surface area contributed by atoms with Gasteiger partial charge in [-0.2, -0.15) is 7.05 Å². The third kappa shape index (κ3) is 4.65. The van der Waals surface area contributed by atoms with Gasteiger partial charge in [-0.1, -0.05) is 30.3 Å². The number of hydrogen-bond donors (Lipinski definition) is 1. The van der Waals surface area contributed by atoms with Gasteiger partial charge in [-0.15, -0.1) is 0 Å². The van der Waals surface area contributed by atoms with Crippen molar-refractivity contribution in [2.45, 2.75) is 13.0 Å². The molecule has 72 valence electrons. The summed E-state index contributed by atoms with van der Waals surface area (Å²) < 4.78 is 5.47. The summed E-state index contributed by atoms with van der Waals surface area (Å²) in [5, 5.41) is 1.92. The third-order valence-corrected chi connectivity index (χ3v) is 1.81. The Morgan fingerprint density at radius 3 is 2.69 bits per heavy atom. The van der Waals surface area contributed by atoms with Crippen LogP contribution in [0.2, 0.25) is 0 Å². The molecule has 0 amide bonds. The molecule has 1 aromatic rings. The highest BCUT2D eigenvalue weighted by Gasteiger charge is 1.91. The van der Waals surface area contributed by atoms with Crippen molar-refractivity contribution in [1.82, 2.24) is 0 Å². The van der Waals surface area contributed by atoms with Gasteiger partial charge < -0.3 is 10.1 Å². The Hall–Kier alpha value is -0.860. The monoisotopic (exact) mass is 179 g/mol. The van der Waals surface area contributed by atoms with Crippen LogP contribution in [0.3, 0.4) is 0 Å². The first-order chi connectivity index (χ1) is 6.43. The minimum atomic E-state index is 0.720. The van der Waals surface area contributed by atoms with E-state index in [1.165, 1.54) is 5.56 Å². The van der Waals surface area contributed by atoms with E-state index in [0.717, 1.165) is 26.2 Å². The van der Waals surface area contributed by atoms with Crippen LogP contribution < -0.4 is 5.32 Å². The van der Waals surface area contributed by atoms with E-state index in [9.17, 15) is 0 Å². The molecular weight excluding hydrogens is 162 g/mol. The Bertz CT molecular complexity index is 211. The van der Waals surface area contributed by atoms with Crippen LogP contribution in [0, 0.1) is 7.05 Å². The standard InChI is InChI=1S/C11H17NO/c1-12-8-5-9-13-10-11-6-3-2-4-7-11/h2-4,6-7H,1,5,8-10,12H2. The molecule has 2 heteroatoms. The fourth-order valence-corrected chi connectivity index (χ4v) is 1.09. The van der Waals surface area contributed by atoms with Crippen LogP contribution in [0.4, 0.5) is 0 Å². The molecule has 0 radical (unpaired) electrons. The molecule has 0 aromatic heterocycles. The van der Waals surface area contributed by atoms with Crippen LogP contribution in [0.1, 0.15) is 12.0 Å². The van der Waals surface area contributed by atoms with E-state index in [0.29, 0.717) is 0 Å². The van der Waals surface area contributed by atoms with Crippen molar-refractivity contribution in [3.8, 4) is 0 Å². The van der Waals surface area contributed by atoms with Crippen molar-refractivity contribution in [2.75, 3.05) is 13.2 Å². The lowest BCUT2D eigenvalue weighted by Gasteiger charge is -2.03. The van der Waals surface area contributed by atoms with E-state index in [2.05, 4.69) is 19.2 Å². The van der Waals surface area contributed by atoms with Crippen LogP contribution in [-0.2, 0) is 11.3 Å². The zero-order valence-corrected chi connectivity index (χ0v) is 7.91. The minimum Gasteiger partial charge on any atom is -0.479 e. The second kappa shape index (κ2) is 6.63. The first-order valence-corrected chi connectivity index (χ1v) is 4.66. The molecule has 1 rings (SSSR count). The average molecular weight is 179 g/mol. The summed E-state index contributed by atoms with van der Waals surface area (Å²) in [6.07, 6.45) is 1.07. The number of rotatable bonds is 6. The Kier molecular flexibility index (Phi) is 5.22. The molecule has 0 fully saturated rings. The Morgan fingerprint density at radius 2 is 2.00 bits per heavy atom. The summed E-state index contributed by atoms with van der Waals surface area (Å²) in [6.45, 7) is 2.58. The molecule has 0 heterocycles. The number of quaternary nitrogens is 1. The number of nitrogens with two attached hydrogens (primary N) is 1. The summed E-state index contributed by atoms with van der Waals surface area (Å²) >= 11 is 0. The Balaban J connectivity index is 2.07. The molecule has 0 atom stereocenters. The van der Waals surface area contributed by atoms with Crippen LogP contribution in [0.5, 0.6) is 0 Å². The fraction of sp³-hybridized carbons (Fsp3) is 0.364. The summed E-state index contributed by atoms with van der Waals surface area (Å²) in [4.78, 5) is 0. The Labute approximate surface area is 79.9 Å². The van der Waals surface area contributed by atoms with Gasteiger partial charge in [-0.05, 0) is 5.56 Å².